The van der Waals surface area contributed by atoms with Crippen molar-refractivity contribution in [3.8, 4) is 0 Å². The van der Waals surface area contributed by atoms with Crippen LogP contribution in [0.15, 0.2) is 0 Å². The molecule has 3 fully saturated rings. The van der Waals surface area contributed by atoms with Gasteiger partial charge >= 0.3 is 5.97 Å². The molecule has 0 aliphatic heterocycles. The largest absolute Gasteiger partial charge is 0.461 e. The zero-order valence-corrected chi connectivity index (χ0v) is 10.6. The minimum atomic E-state index is -0.128. The fraction of sp³-hybridized carbons (Fsp3) is 0.917. The molecule has 0 amide bonds. The van der Waals surface area contributed by atoms with E-state index in [1.54, 1.807) is 0 Å². The van der Waals surface area contributed by atoms with E-state index in [-0.39, 0.29) is 12.1 Å². The third-order valence-corrected chi connectivity index (χ3v) is 5.90. The summed E-state index contributed by atoms with van der Waals surface area (Å²) in [7, 11) is 0. The summed E-state index contributed by atoms with van der Waals surface area (Å²) < 4.78 is 5.40. The molecule has 0 radical (unpaired) electrons. The Morgan fingerprint density at radius 2 is 2.00 bits per heavy atom. The summed E-state index contributed by atoms with van der Waals surface area (Å²) in [6.45, 7) is 1.52. The lowest BCUT2D eigenvalue weighted by molar-refractivity contribution is -0.145. The first-order valence-corrected chi connectivity index (χ1v) is 6.89. The average Bonchev–Trinajstić information content (AvgIpc) is 2.79. The SMILES string of the molecule is CC(=O)O[C@H]1C[C@@H]2[C@@H]3CC[C@@H](C3)[C@@H]2[C@@H]1Br. The highest BCUT2D eigenvalue weighted by molar-refractivity contribution is 9.09. The number of alkyl halides is 1. The van der Waals surface area contributed by atoms with Crippen LogP contribution in [0.3, 0.4) is 0 Å². The second-order valence-corrected chi connectivity index (χ2v) is 6.46. The van der Waals surface area contributed by atoms with Gasteiger partial charge in [-0.2, -0.15) is 0 Å². The van der Waals surface area contributed by atoms with E-state index in [0.29, 0.717) is 4.83 Å². The molecular formula is C12H17BrO2. The van der Waals surface area contributed by atoms with Gasteiger partial charge < -0.3 is 4.74 Å². The number of carbonyl (C=O) groups is 1. The minimum Gasteiger partial charge on any atom is -0.461 e. The molecule has 2 nitrogen and oxygen atoms in total. The van der Waals surface area contributed by atoms with Crippen LogP contribution in [-0.4, -0.2) is 16.9 Å². The molecule has 2 bridgehead atoms. The van der Waals surface area contributed by atoms with Crippen molar-refractivity contribution in [2.45, 2.75) is 43.5 Å². The Morgan fingerprint density at radius 1 is 1.27 bits per heavy atom. The maximum absolute atomic E-state index is 11.0. The molecule has 3 saturated carbocycles. The van der Waals surface area contributed by atoms with E-state index in [1.807, 2.05) is 0 Å². The molecule has 0 aromatic rings. The fourth-order valence-electron chi connectivity index (χ4n) is 4.27. The van der Waals surface area contributed by atoms with E-state index in [1.165, 1.54) is 26.2 Å². The van der Waals surface area contributed by atoms with Gasteiger partial charge in [-0.1, -0.05) is 15.9 Å². The van der Waals surface area contributed by atoms with Crippen molar-refractivity contribution in [1.29, 1.82) is 0 Å². The van der Waals surface area contributed by atoms with Crippen LogP contribution < -0.4 is 0 Å². The summed E-state index contributed by atoms with van der Waals surface area (Å²) in [5.74, 6) is 3.33. The quantitative estimate of drug-likeness (QED) is 0.542. The van der Waals surface area contributed by atoms with E-state index in [4.69, 9.17) is 4.74 Å². The highest BCUT2D eigenvalue weighted by Crippen LogP contribution is 2.60. The molecule has 3 aliphatic rings. The molecule has 0 N–H and O–H groups in total. The van der Waals surface area contributed by atoms with Gasteiger partial charge in [0.2, 0.25) is 0 Å². The zero-order chi connectivity index (χ0) is 10.6. The van der Waals surface area contributed by atoms with Crippen molar-refractivity contribution in [1.82, 2.24) is 0 Å². The predicted molar refractivity (Wildman–Crippen MR) is 60.7 cm³/mol. The number of rotatable bonds is 1. The number of halogens is 1. The molecule has 15 heavy (non-hydrogen) atoms. The Labute approximate surface area is 98.9 Å². The second kappa shape index (κ2) is 3.47. The first kappa shape index (κ1) is 10.1. The molecule has 6 atom stereocenters. The van der Waals surface area contributed by atoms with Gasteiger partial charge in [0.25, 0.3) is 0 Å². The molecule has 3 aliphatic carbocycles. The van der Waals surface area contributed by atoms with Gasteiger partial charge in [0.1, 0.15) is 6.10 Å². The second-order valence-electron chi connectivity index (χ2n) is 5.40. The highest BCUT2D eigenvalue weighted by Gasteiger charge is 2.56. The van der Waals surface area contributed by atoms with Crippen molar-refractivity contribution >= 4 is 21.9 Å². The molecule has 3 heteroatoms. The number of hydrogen-bond acceptors (Lipinski definition) is 2. The standard InChI is InChI=1S/C12H17BrO2/c1-6(14)15-10-5-9-7-2-3-8(4-7)11(9)12(10)13/h7-12H,2-5H2,1H3/t7-,8+,9-,10+,11+,12-/m1/s1. The topological polar surface area (TPSA) is 26.3 Å². The Hall–Kier alpha value is -0.0500. The molecule has 0 heterocycles. The van der Waals surface area contributed by atoms with Crippen LogP contribution >= 0.6 is 15.9 Å². The van der Waals surface area contributed by atoms with Crippen molar-refractivity contribution in [2.24, 2.45) is 23.7 Å². The van der Waals surface area contributed by atoms with E-state index >= 15 is 0 Å². The van der Waals surface area contributed by atoms with Gasteiger partial charge in [-0.3, -0.25) is 4.79 Å². The minimum absolute atomic E-state index is 0.128. The van der Waals surface area contributed by atoms with Gasteiger partial charge in [0.15, 0.2) is 0 Å². The van der Waals surface area contributed by atoms with E-state index in [2.05, 4.69) is 15.9 Å². The Kier molecular flexibility index (Phi) is 2.35. The Bertz CT molecular complexity index is 291. The molecule has 0 aromatic heterocycles. The molecule has 0 spiro atoms. The summed E-state index contributed by atoms with van der Waals surface area (Å²) in [5.41, 5.74) is 0. The van der Waals surface area contributed by atoms with Gasteiger partial charge in [-0.15, -0.1) is 0 Å². The molecule has 0 aromatic carbocycles. The van der Waals surface area contributed by atoms with Crippen molar-refractivity contribution in [3.63, 3.8) is 0 Å². The van der Waals surface area contributed by atoms with Crippen LogP contribution in [0, 0.1) is 23.7 Å². The lowest BCUT2D eigenvalue weighted by Gasteiger charge is -2.26. The van der Waals surface area contributed by atoms with Gasteiger partial charge in [0.05, 0.1) is 4.83 Å². The molecule has 0 saturated heterocycles. The van der Waals surface area contributed by atoms with Crippen LogP contribution in [0.2, 0.25) is 0 Å². The summed E-state index contributed by atoms with van der Waals surface area (Å²) in [6, 6.07) is 0. The van der Waals surface area contributed by atoms with Gasteiger partial charge in [0, 0.05) is 6.92 Å². The third-order valence-electron chi connectivity index (χ3n) is 4.70. The Morgan fingerprint density at radius 3 is 2.67 bits per heavy atom. The average molecular weight is 273 g/mol. The van der Waals surface area contributed by atoms with Crippen LogP contribution in [0.5, 0.6) is 0 Å². The van der Waals surface area contributed by atoms with Crippen LogP contribution in [0.25, 0.3) is 0 Å². The normalized spacial score (nSPS) is 51.9. The predicted octanol–water partition coefficient (Wildman–Crippen LogP) is 2.75. The highest BCUT2D eigenvalue weighted by atomic mass is 79.9. The number of carbonyl (C=O) groups excluding carboxylic acids is 1. The third kappa shape index (κ3) is 1.46. The first-order valence-electron chi connectivity index (χ1n) is 5.98. The van der Waals surface area contributed by atoms with Crippen molar-refractivity contribution in [3.05, 3.63) is 0 Å². The number of ether oxygens (including phenoxy) is 1. The number of esters is 1. The monoisotopic (exact) mass is 272 g/mol. The molecule has 84 valence electrons. The van der Waals surface area contributed by atoms with E-state index in [9.17, 15) is 4.79 Å². The Balaban J connectivity index is 1.75. The van der Waals surface area contributed by atoms with E-state index in [0.717, 1.165) is 30.1 Å². The summed E-state index contributed by atoms with van der Waals surface area (Å²) in [5, 5.41) is 0. The fourth-order valence-corrected chi connectivity index (χ4v) is 5.42. The first-order chi connectivity index (χ1) is 7.16. The zero-order valence-electron chi connectivity index (χ0n) is 8.99. The summed E-state index contributed by atoms with van der Waals surface area (Å²) in [6.07, 6.45) is 5.49. The maximum atomic E-state index is 11.0. The molecule has 3 rings (SSSR count). The number of hydrogen-bond donors (Lipinski definition) is 0. The van der Waals surface area contributed by atoms with Crippen LogP contribution in [-0.2, 0) is 9.53 Å². The molecular weight excluding hydrogens is 256 g/mol. The number of fused-ring (bicyclic) bond motifs is 5. The summed E-state index contributed by atoms with van der Waals surface area (Å²) >= 11 is 3.76. The maximum Gasteiger partial charge on any atom is 0.302 e. The summed E-state index contributed by atoms with van der Waals surface area (Å²) in [4.78, 5) is 11.4. The lowest BCUT2D eigenvalue weighted by atomic mass is 9.82. The smallest absolute Gasteiger partial charge is 0.302 e. The van der Waals surface area contributed by atoms with Crippen LogP contribution in [0.4, 0.5) is 0 Å². The van der Waals surface area contributed by atoms with Crippen molar-refractivity contribution in [2.75, 3.05) is 0 Å². The van der Waals surface area contributed by atoms with Gasteiger partial charge in [-0.25, -0.2) is 0 Å². The van der Waals surface area contributed by atoms with E-state index < -0.39 is 0 Å². The lowest BCUT2D eigenvalue weighted by Crippen LogP contribution is -2.27. The van der Waals surface area contributed by atoms with Crippen molar-refractivity contribution < 1.29 is 9.53 Å². The molecule has 0 unspecified atom stereocenters. The van der Waals surface area contributed by atoms with Crippen LogP contribution in [0.1, 0.15) is 32.6 Å². The van der Waals surface area contributed by atoms with Gasteiger partial charge in [-0.05, 0) is 49.4 Å².